The van der Waals surface area contributed by atoms with Crippen LogP contribution in [0.3, 0.4) is 0 Å². The van der Waals surface area contributed by atoms with E-state index < -0.39 is 11.5 Å². The van der Waals surface area contributed by atoms with Crippen molar-refractivity contribution in [3.8, 4) is 16.9 Å². The van der Waals surface area contributed by atoms with Crippen molar-refractivity contribution in [1.82, 2.24) is 5.32 Å². The maximum atomic E-state index is 12.6. The zero-order valence-corrected chi connectivity index (χ0v) is 16.9. The number of aliphatic hydroxyl groups is 1. The van der Waals surface area contributed by atoms with Gasteiger partial charge in [0.2, 0.25) is 0 Å². The lowest BCUT2D eigenvalue weighted by Gasteiger charge is -2.24. The standard InChI is InChI=1S/C25H23NO4/c1-25(28,20-13-11-18(12-14-20)17-7-4-3-5-8-17)16-26-24(27)22-15-19-9-6-10-21(29-2)23(19)30-22/h3-15,28H,16H2,1-2H3,(H,26,27)/t25-/m0/s1. The number of furan rings is 1. The van der Waals surface area contributed by atoms with Crippen LogP contribution in [0.2, 0.25) is 0 Å². The highest BCUT2D eigenvalue weighted by molar-refractivity contribution is 5.97. The fourth-order valence-electron chi connectivity index (χ4n) is 3.40. The van der Waals surface area contributed by atoms with Crippen LogP contribution in [0.4, 0.5) is 0 Å². The van der Waals surface area contributed by atoms with Crippen molar-refractivity contribution in [2.75, 3.05) is 13.7 Å². The van der Waals surface area contributed by atoms with Gasteiger partial charge < -0.3 is 19.6 Å². The van der Waals surface area contributed by atoms with Crippen LogP contribution >= 0.6 is 0 Å². The smallest absolute Gasteiger partial charge is 0.287 e. The number of benzene rings is 3. The Morgan fingerprint density at radius 1 is 1.00 bits per heavy atom. The van der Waals surface area contributed by atoms with Crippen LogP contribution in [0.25, 0.3) is 22.1 Å². The average Bonchev–Trinajstić information content (AvgIpc) is 3.23. The first kappa shape index (κ1) is 19.7. The number of carbonyl (C=O) groups excluding carboxylic acids is 1. The Kier molecular flexibility index (Phi) is 5.29. The van der Waals surface area contributed by atoms with E-state index in [-0.39, 0.29) is 12.3 Å². The van der Waals surface area contributed by atoms with Gasteiger partial charge >= 0.3 is 0 Å². The van der Waals surface area contributed by atoms with Gasteiger partial charge in [0.1, 0.15) is 5.60 Å². The topological polar surface area (TPSA) is 71.7 Å². The molecule has 1 atom stereocenters. The van der Waals surface area contributed by atoms with Gasteiger partial charge in [0.25, 0.3) is 5.91 Å². The van der Waals surface area contributed by atoms with Crippen molar-refractivity contribution < 1.29 is 19.1 Å². The Hall–Kier alpha value is -3.57. The van der Waals surface area contributed by atoms with Crippen LogP contribution in [0.15, 0.2) is 83.3 Å². The summed E-state index contributed by atoms with van der Waals surface area (Å²) < 4.78 is 10.9. The Balaban J connectivity index is 1.46. The molecule has 0 aliphatic rings. The number of fused-ring (bicyclic) bond motifs is 1. The monoisotopic (exact) mass is 401 g/mol. The first-order valence-corrected chi connectivity index (χ1v) is 9.71. The highest BCUT2D eigenvalue weighted by atomic mass is 16.5. The van der Waals surface area contributed by atoms with E-state index >= 15 is 0 Å². The summed E-state index contributed by atoms with van der Waals surface area (Å²) in [4.78, 5) is 12.6. The number of carbonyl (C=O) groups is 1. The normalized spacial score (nSPS) is 13.0. The van der Waals surface area contributed by atoms with E-state index in [4.69, 9.17) is 9.15 Å². The summed E-state index contributed by atoms with van der Waals surface area (Å²) in [5.74, 6) is 0.344. The lowest BCUT2D eigenvalue weighted by Crippen LogP contribution is -2.38. The third-order valence-electron chi connectivity index (χ3n) is 5.16. The minimum Gasteiger partial charge on any atom is -0.493 e. The van der Waals surface area contributed by atoms with Gasteiger partial charge in [0.05, 0.1) is 13.7 Å². The van der Waals surface area contributed by atoms with Gasteiger partial charge in [-0.05, 0) is 35.7 Å². The fourth-order valence-corrected chi connectivity index (χ4v) is 3.40. The summed E-state index contributed by atoms with van der Waals surface area (Å²) in [5, 5.41) is 14.4. The van der Waals surface area contributed by atoms with Crippen LogP contribution in [0.1, 0.15) is 23.0 Å². The molecular weight excluding hydrogens is 378 g/mol. The van der Waals surface area contributed by atoms with Crippen LogP contribution < -0.4 is 10.1 Å². The van der Waals surface area contributed by atoms with Gasteiger partial charge in [-0.15, -0.1) is 0 Å². The Labute approximate surface area is 174 Å². The molecule has 4 aromatic rings. The maximum absolute atomic E-state index is 12.6. The van der Waals surface area contributed by atoms with Crippen molar-refractivity contribution in [1.29, 1.82) is 0 Å². The molecule has 0 saturated carbocycles. The number of ether oxygens (including phenoxy) is 1. The quantitative estimate of drug-likeness (QED) is 0.489. The predicted octanol–water partition coefficient (Wildman–Crippen LogP) is 4.75. The molecule has 1 amide bonds. The Morgan fingerprint density at radius 2 is 1.70 bits per heavy atom. The molecule has 0 spiro atoms. The van der Waals surface area contributed by atoms with E-state index in [1.165, 1.54) is 0 Å². The molecule has 152 valence electrons. The molecule has 30 heavy (non-hydrogen) atoms. The first-order valence-electron chi connectivity index (χ1n) is 9.71. The highest BCUT2D eigenvalue weighted by Crippen LogP contribution is 2.29. The van der Waals surface area contributed by atoms with Crippen LogP contribution in [0, 0.1) is 0 Å². The first-order chi connectivity index (χ1) is 14.5. The molecule has 0 aliphatic heterocycles. The lowest BCUT2D eigenvalue weighted by molar-refractivity contribution is 0.0519. The number of nitrogens with one attached hydrogen (secondary N) is 1. The zero-order chi connectivity index (χ0) is 21.1. The molecule has 0 aliphatic carbocycles. The van der Waals surface area contributed by atoms with E-state index in [9.17, 15) is 9.90 Å². The minimum absolute atomic E-state index is 0.0463. The van der Waals surface area contributed by atoms with Crippen molar-refractivity contribution in [2.24, 2.45) is 0 Å². The Morgan fingerprint density at radius 3 is 2.40 bits per heavy atom. The molecule has 5 nitrogen and oxygen atoms in total. The van der Waals surface area contributed by atoms with Gasteiger partial charge in [-0.2, -0.15) is 0 Å². The molecule has 0 unspecified atom stereocenters. The SMILES string of the molecule is COc1cccc2cc(C(=O)NC[C@](C)(O)c3ccc(-c4ccccc4)cc3)oc12. The summed E-state index contributed by atoms with van der Waals surface area (Å²) in [5.41, 5.74) is 2.18. The highest BCUT2D eigenvalue weighted by Gasteiger charge is 2.25. The second kappa shape index (κ2) is 8.05. The van der Waals surface area contributed by atoms with Crippen molar-refractivity contribution in [3.05, 3.63) is 90.2 Å². The molecule has 4 rings (SSSR count). The predicted molar refractivity (Wildman–Crippen MR) is 117 cm³/mol. The van der Waals surface area contributed by atoms with Crippen molar-refractivity contribution in [2.45, 2.75) is 12.5 Å². The largest absolute Gasteiger partial charge is 0.493 e. The van der Waals surface area contributed by atoms with E-state index in [0.717, 1.165) is 16.5 Å². The van der Waals surface area contributed by atoms with Gasteiger partial charge in [-0.1, -0.05) is 66.7 Å². The summed E-state index contributed by atoms with van der Waals surface area (Å²) in [6, 6.07) is 24.8. The molecule has 1 aromatic heterocycles. The molecule has 0 fully saturated rings. The number of hydrogen-bond acceptors (Lipinski definition) is 4. The van der Waals surface area contributed by atoms with Gasteiger partial charge in [0, 0.05) is 5.39 Å². The summed E-state index contributed by atoms with van der Waals surface area (Å²) in [6.45, 7) is 1.72. The molecule has 0 saturated heterocycles. The fraction of sp³-hybridized carbons (Fsp3) is 0.160. The van der Waals surface area contributed by atoms with Crippen molar-refractivity contribution in [3.63, 3.8) is 0 Å². The number of methoxy groups -OCH3 is 1. The molecule has 1 heterocycles. The number of rotatable bonds is 6. The lowest BCUT2D eigenvalue weighted by atomic mass is 9.93. The maximum Gasteiger partial charge on any atom is 0.287 e. The minimum atomic E-state index is -1.23. The second-order valence-corrected chi connectivity index (χ2v) is 7.39. The van der Waals surface area contributed by atoms with Crippen LogP contribution in [-0.4, -0.2) is 24.7 Å². The summed E-state index contributed by atoms with van der Waals surface area (Å²) >= 11 is 0. The van der Waals surface area contributed by atoms with E-state index in [0.29, 0.717) is 16.9 Å². The number of hydrogen-bond donors (Lipinski definition) is 2. The zero-order valence-electron chi connectivity index (χ0n) is 16.9. The van der Waals surface area contributed by atoms with Gasteiger partial charge in [-0.25, -0.2) is 0 Å². The molecule has 3 aromatic carbocycles. The van der Waals surface area contributed by atoms with E-state index in [2.05, 4.69) is 5.32 Å². The Bertz CT molecular complexity index is 1160. The average molecular weight is 401 g/mol. The summed E-state index contributed by atoms with van der Waals surface area (Å²) in [6.07, 6.45) is 0. The third-order valence-corrected chi connectivity index (χ3v) is 5.16. The van der Waals surface area contributed by atoms with Crippen LogP contribution in [0.5, 0.6) is 5.75 Å². The molecule has 0 radical (unpaired) electrons. The molecule has 2 N–H and O–H groups in total. The number of para-hydroxylation sites is 1. The van der Waals surface area contributed by atoms with Crippen LogP contribution in [-0.2, 0) is 5.60 Å². The molecular formula is C25H23NO4. The number of amides is 1. The summed E-state index contributed by atoms with van der Waals surface area (Å²) in [7, 11) is 1.55. The second-order valence-electron chi connectivity index (χ2n) is 7.39. The molecule has 0 bridgehead atoms. The van der Waals surface area contributed by atoms with Crippen molar-refractivity contribution >= 4 is 16.9 Å². The van der Waals surface area contributed by atoms with E-state index in [1.54, 1.807) is 26.2 Å². The molecule has 5 heteroatoms. The van der Waals surface area contributed by atoms with Gasteiger partial charge in [0.15, 0.2) is 17.1 Å². The van der Waals surface area contributed by atoms with E-state index in [1.807, 2.05) is 66.7 Å². The van der Waals surface area contributed by atoms with Gasteiger partial charge in [-0.3, -0.25) is 4.79 Å². The third kappa shape index (κ3) is 3.93.